The van der Waals surface area contributed by atoms with Gasteiger partial charge >= 0.3 is 0 Å². The highest BCUT2D eigenvalue weighted by atomic mass is 32.2. The molecule has 1 rings (SSSR count). The third-order valence-corrected chi connectivity index (χ3v) is 4.47. The lowest BCUT2D eigenvalue weighted by Crippen LogP contribution is -2.34. The van der Waals surface area contributed by atoms with Gasteiger partial charge in [0, 0.05) is 0 Å². The number of carbonyl (C=O) groups excluding carboxylic acids is 1. The molecule has 0 radical (unpaired) electrons. The van der Waals surface area contributed by atoms with Crippen LogP contribution in [0.15, 0.2) is 24.3 Å². The molecule has 1 N–H and O–H groups in total. The number of rotatable bonds is 8. The largest absolute Gasteiger partial charge is 0.493 e. The van der Waals surface area contributed by atoms with E-state index in [1.165, 1.54) is 0 Å². The van der Waals surface area contributed by atoms with Gasteiger partial charge in [-0.15, -0.1) is 0 Å². The number of carbonyl (C=O) groups is 1. The van der Waals surface area contributed by atoms with E-state index in [4.69, 9.17) is 4.74 Å². The highest BCUT2D eigenvalue weighted by Gasteiger charge is 2.21. The molecule has 1 aromatic rings. The van der Waals surface area contributed by atoms with Crippen molar-refractivity contribution in [2.24, 2.45) is 5.92 Å². The van der Waals surface area contributed by atoms with Crippen LogP contribution in [0.25, 0.3) is 0 Å². The zero-order valence-electron chi connectivity index (χ0n) is 12.8. The maximum absolute atomic E-state index is 12.1. The average molecular weight is 313 g/mol. The molecule has 1 unspecified atom stereocenters. The summed E-state index contributed by atoms with van der Waals surface area (Å²) in [6.45, 7) is 6.07. The van der Waals surface area contributed by atoms with E-state index in [2.05, 4.69) is 4.72 Å². The van der Waals surface area contributed by atoms with E-state index in [1.54, 1.807) is 31.2 Å². The molecule has 5 nitrogen and oxygen atoms in total. The average Bonchev–Trinajstić information content (AvgIpc) is 2.38. The van der Waals surface area contributed by atoms with Crippen molar-refractivity contribution < 1.29 is 17.9 Å². The Kier molecular flexibility index (Phi) is 6.68. The molecule has 0 bridgehead atoms. The molecule has 118 valence electrons. The molecule has 1 aromatic carbocycles. The third kappa shape index (κ3) is 5.75. The van der Waals surface area contributed by atoms with Crippen LogP contribution in [-0.2, 0) is 10.0 Å². The number of ether oxygens (including phenoxy) is 1. The van der Waals surface area contributed by atoms with Gasteiger partial charge in [0.1, 0.15) is 5.75 Å². The number of sulfonamides is 1. The molecular formula is C15H23NO4S. The highest BCUT2D eigenvalue weighted by Crippen LogP contribution is 2.18. The van der Waals surface area contributed by atoms with E-state index >= 15 is 0 Å². The van der Waals surface area contributed by atoms with Crippen molar-refractivity contribution in [1.82, 2.24) is 4.72 Å². The van der Waals surface area contributed by atoms with Crippen molar-refractivity contribution in [3.8, 4) is 5.75 Å². The quantitative estimate of drug-likeness (QED) is 0.800. The fourth-order valence-corrected chi connectivity index (χ4v) is 3.52. The summed E-state index contributed by atoms with van der Waals surface area (Å²) >= 11 is 0. The summed E-state index contributed by atoms with van der Waals surface area (Å²) in [5, 5.41) is 0. The molecule has 21 heavy (non-hydrogen) atoms. The van der Waals surface area contributed by atoms with E-state index in [0.717, 1.165) is 12.8 Å². The van der Waals surface area contributed by atoms with Gasteiger partial charge in [-0.1, -0.05) is 32.4 Å². The summed E-state index contributed by atoms with van der Waals surface area (Å²) in [5.41, 5.74) is 0.228. The van der Waals surface area contributed by atoms with Crippen LogP contribution in [0.4, 0.5) is 0 Å². The van der Waals surface area contributed by atoms with Gasteiger partial charge in [-0.05, 0) is 31.4 Å². The van der Waals surface area contributed by atoms with Gasteiger partial charge < -0.3 is 4.74 Å². The first-order valence-electron chi connectivity index (χ1n) is 7.16. The smallest absolute Gasteiger partial charge is 0.268 e. The Morgan fingerprint density at radius 1 is 1.29 bits per heavy atom. The van der Waals surface area contributed by atoms with E-state index < -0.39 is 15.9 Å². The van der Waals surface area contributed by atoms with Gasteiger partial charge in [-0.2, -0.15) is 0 Å². The number of para-hydroxylation sites is 1. The minimum absolute atomic E-state index is 0.0161. The van der Waals surface area contributed by atoms with Gasteiger partial charge in [-0.25, -0.2) is 13.1 Å². The number of amides is 1. The Labute approximate surface area is 126 Å². The van der Waals surface area contributed by atoms with Gasteiger partial charge in [0.05, 0.1) is 17.9 Å². The summed E-state index contributed by atoms with van der Waals surface area (Å²) in [4.78, 5) is 12.1. The van der Waals surface area contributed by atoms with Crippen LogP contribution >= 0.6 is 0 Å². The van der Waals surface area contributed by atoms with Crippen LogP contribution in [0.1, 0.15) is 44.0 Å². The standard InChI is InChI=1S/C15H23NO4S/c1-4-8-12(3)11-21(18,19)16-15(17)13-9-6-7-10-14(13)20-5-2/h6-7,9-10,12H,4-5,8,11H2,1-3H3,(H,16,17). The topological polar surface area (TPSA) is 72.5 Å². The van der Waals surface area contributed by atoms with E-state index in [9.17, 15) is 13.2 Å². The molecule has 1 amide bonds. The van der Waals surface area contributed by atoms with E-state index in [0.29, 0.717) is 12.4 Å². The SMILES string of the molecule is CCCC(C)CS(=O)(=O)NC(=O)c1ccccc1OCC. The fourth-order valence-electron chi connectivity index (χ4n) is 2.12. The van der Waals surface area contributed by atoms with Gasteiger partial charge in [-0.3, -0.25) is 4.79 Å². The Balaban J connectivity index is 2.81. The Hall–Kier alpha value is -1.56. The van der Waals surface area contributed by atoms with Crippen molar-refractivity contribution >= 4 is 15.9 Å². The monoisotopic (exact) mass is 313 g/mol. The third-order valence-electron chi connectivity index (χ3n) is 2.97. The van der Waals surface area contributed by atoms with Gasteiger partial charge in [0.25, 0.3) is 5.91 Å². The Bertz CT molecular complexity index is 569. The molecule has 0 saturated heterocycles. The second-order valence-corrected chi connectivity index (χ2v) is 6.80. The molecule has 0 aliphatic heterocycles. The zero-order chi connectivity index (χ0) is 15.9. The van der Waals surface area contributed by atoms with E-state index in [-0.39, 0.29) is 17.2 Å². The lowest BCUT2D eigenvalue weighted by molar-refractivity contribution is 0.0977. The minimum atomic E-state index is -3.64. The molecule has 0 aliphatic carbocycles. The maximum atomic E-state index is 12.1. The van der Waals surface area contributed by atoms with Crippen LogP contribution in [0, 0.1) is 5.92 Å². The molecule has 0 saturated carbocycles. The number of benzene rings is 1. The summed E-state index contributed by atoms with van der Waals surface area (Å²) in [6.07, 6.45) is 1.72. The maximum Gasteiger partial charge on any atom is 0.268 e. The molecule has 6 heteroatoms. The Morgan fingerprint density at radius 3 is 2.57 bits per heavy atom. The van der Waals surface area contributed by atoms with Crippen molar-refractivity contribution in [1.29, 1.82) is 0 Å². The lowest BCUT2D eigenvalue weighted by atomic mass is 10.1. The Morgan fingerprint density at radius 2 is 1.95 bits per heavy atom. The van der Waals surface area contributed by atoms with Crippen LogP contribution < -0.4 is 9.46 Å². The summed E-state index contributed by atoms with van der Waals surface area (Å²) in [7, 11) is -3.64. The number of nitrogens with one attached hydrogen (secondary N) is 1. The first kappa shape index (κ1) is 17.5. The van der Waals surface area contributed by atoms with Crippen LogP contribution in [0.2, 0.25) is 0 Å². The van der Waals surface area contributed by atoms with Gasteiger partial charge in [0.15, 0.2) is 0 Å². The molecule has 0 heterocycles. The first-order chi connectivity index (χ1) is 9.89. The summed E-state index contributed by atoms with van der Waals surface area (Å²) in [5.74, 6) is -0.303. The second-order valence-electron chi connectivity index (χ2n) is 5.04. The molecule has 0 aromatic heterocycles. The second kappa shape index (κ2) is 8.02. The first-order valence-corrected chi connectivity index (χ1v) is 8.81. The summed E-state index contributed by atoms with van der Waals surface area (Å²) in [6, 6.07) is 6.60. The molecule has 0 fully saturated rings. The predicted octanol–water partition coefficient (Wildman–Crippen LogP) is 2.58. The highest BCUT2D eigenvalue weighted by molar-refractivity contribution is 7.90. The number of hydrogen-bond donors (Lipinski definition) is 1. The fraction of sp³-hybridized carbons (Fsp3) is 0.533. The van der Waals surface area contributed by atoms with Crippen molar-refractivity contribution in [3.63, 3.8) is 0 Å². The van der Waals surface area contributed by atoms with Crippen molar-refractivity contribution in [2.75, 3.05) is 12.4 Å². The zero-order valence-corrected chi connectivity index (χ0v) is 13.6. The van der Waals surface area contributed by atoms with E-state index in [1.807, 2.05) is 13.8 Å². The molecular weight excluding hydrogens is 290 g/mol. The molecule has 0 aliphatic rings. The van der Waals surface area contributed by atoms with Crippen molar-refractivity contribution in [2.45, 2.75) is 33.6 Å². The van der Waals surface area contributed by atoms with Crippen LogP contribution in [-0.4, -0.2) is 26.7 Å². The number of hydrogen-bond acceptors (Lipinski definition) is 4. The molecule has 1 atom stereocenters. The summed E-state index contributed by atoms with van der Waals surface area (Å²) < 4.78 is 31.4. The van der Waals surface area contributed by atoms with Crippen molar-refractivity contribution in [3.05, 3.63) is 29.8 Å². The molecule has 0 spiro atoms. The van der Waals surface area contributed by atoms with Gasteiger partial charge in [0.2, 0.25) is 10.0 Å². The van der Waals surface area contributed by atoms with Crippen LogP contribution in [0.3, 0.4) is 0 Å². The minimum Gasteiger partial charge on any atom is -0.493 e. The lowest BCUT2D eigenvalue weighted by Gasteiger charge is -2.13. The predicted molar refractivity (Wildman–Crippen MR) is 82.9 cm³/mol. The van der Waals surface area contributed by atoms with Crippen LogP contribution in [0.5, 0.6) is 5.75 Å². The normalized spacial score (nSPS) is 12.7.